The Morgan fingerprint density at radius 2 is 1.66 bits per heavy atom. The molecule has 0 atom stereocenters. The summed E-state index contributed by atoms with van der Waals surface area (Å²) in [5.74, 6) is -1.16. The third-order valence-electron chi connectivity index (χ3n) is 3.91. The number of hydrogen-bond acceptors (Lipinski definition) is 6. The van der Waals surface area contributed by atoms with Crippen LogP contribution in [0.5, 0.6) is 0 Å². The molecule has 3 aromatic rings. The van der Waals surface area contributed by atoms with Crippen LogP contribution >= 0.6 is 11.3 Å². The van der Waals surface area contributed by atoms with Crippen LogP contribution in [0, 0.1) is 0 Å². The van der Waals surface area contributed by atoms with Crippen molar-refractivity contribution in [3.05, 3.63) is 71.2 Å². The first kappa shape index (κ1) is 20.6. The summed E-state index contributed by atoms with van der Waals surface area (Å²) < 4.78 is 25.4. The molecule has 3 rings (SSSR count). The number of hydrazine groups is 1. The van der Waals surface area contributed by atoms with Crippen molar-refractivity contribution in [3.63, 3.8) is 0 Å². The SMILES string of the molecule is CN(C)S(=O)(=O)c1cccc(C(=O)NNC(=O)c2cnc(-c3ccccc3)s2)c1. The van der Waals surface area contributed by atoms with Crippen molar-refractivity contribution in [1.29, 1.82) is 0 Å². The Morgan fingerprint density at radius 1 is 0.966 bits per heavy atom. The van der Waals surface area contributed by atoms with Gasteiger partial charge >= 0.3 is 0 Å². The lowest BCUT2D eigenvalue weighted by molar-refractivity contribution is 0.0848. The third kappa shape index (κ3) is 4.67. The van der Waals surface area contributed by atoms with Crippen LogP contribution in [0.4, 0.5) is 0 Å². The lowest BCUT2D eigenvalue weighted by atomic mass is 10.2. The molecule has 0 radical (unpaired) electrons. The molecule has 0 saturated heterocycles. The standard InChI is InChI=1S/C19H18N4O4S2/c1-23(2)29(26,27)15-10-6-9-14(11-15)17(24)21-22-18(25)16-12-20-19(28-16)13-7-4-3-5-8-13/h3-12H,1-2H3,(H,21,24)(H,22,25). The molecule has 0 saturated carbocycles. The Bertz CT molecular complexity index is 1140. The Balaban J connectivity index is 1.67. The first-order valence-electron chi connectivity index (χ1n) is 8.43. The van der Waals surface area contributed by atoms with Gasteiger partial charge in [0.25, 0.3) is 11.8 Å². The van der Waals surface area contributed by atoms with Crippen molar-refractivity contribution >= 4 is 33.2 Å². The Morgan fingerprint density at radius 3 is 2.34 bits per heavy atom. The monoisotopic (exact) mass is 430 g/mol. The fourth-order valence-electron chi connectivity index (χ4n) is 2.35. The lowest BCUT2D eigenvalue weighted by Gasteiger charge is -2.12. The molecule has 1 aromatic heterocycles. The summed E-state index contributed by atoms with van der Waals surface area (Å²) in [5.41, 5.74) is 5.59. The zero-order valence-electron chi connectivity index (χ0n) is 15.6. The second kappa shape index (κ2) is 8.52. The Labute approximate surface area is 172 Å². The van der Waals surface area contributed by atoms with Crippen molar-refractivity contribution in [3.8, 4) is 10.6 Å². The van der Waals surface area contributed by atoms with E-state index in [4.69, 9.17) is 0 Å². The van der Waals surface area contributed by atoms with Gasteiger partial charge in [0, 0.05) is 25.2 Å². The van der Waals surface area contributed by atoms with E-state index in [-0.39, 0.29) is 10.5 Å². The Hall–Kier alpha value is -3.08. The fraction of sp³-hybridized carbons (Fsp3) is 0.105. The van der Waals surface area contributed by atoms with Gasteiger partial charge in [0.2, 0.25) is 10.0 Å². The average molecular weight is 431 g/mol. The van der Waals surface area contributed by atoms with Crippen molar-refractivity contribution in [1.82, 2.24) is 20.1 Å². The van der Waals surface area contributed by atoms with Gasteiger partial charge in [-0.25, -0.2) is 17.7 Å². The van der Waals surface area contributed by atoms with Gasteiger partial charge in [-0.05, 0) is 18.2 Å². The van der Waals surface area contributed by atoms with E-state index in [0.29, 0.717) is 9.88 Å². The maximum Gasteiger partial charge on any atom is 0.281 e. The number of hydrogen-bond donors (Lipinski definition) is 2. The summed E-state index contributed by atoms with van der Waals surface area (Å²) in [6.07, 6.45) is 1.43. The maximum absolute atomic E-state index is 12.3. The minimum Gasteiger partial charge on any atom is -0.267 e. The van der Waals surface area contributed by atoms with E-state index in [1.807, 2.05) is 30.3 Å². The first-order valence-corrected chi connectivity index (χ1v) is 10.7. The van der Waals surface area contributed by atoms with E-state index in [0.717, 1.165) is 9.87 Å². The van der Waals surface area contributed by atoms with Gasteiger partial charge in [0.05, 0.1) is 11.1 Å². The molecular formula is C19H18N4O4S2. The summed E-state index contributed by atoms with van der Waals surface area (Å²) >= 11 is 1.19. The van der Waals surface area contributed by atoms with Gasteiger partial charge < -0.3 is 0 Å². The highest BCUT2D eigenvalue weighted by atomic mass is 32.2. The molecule has 2 amide bonds. The van der Waals surface area contributed by atoms with Crippen LogP contribution in [0.25, 0.3) is 10.6 Å². The van der Waals surface area contributed by atoms with Crippen LogP contribution in [0.3, 0.4) is 0 Å². The number of benzene rings is 2. The predicted molar refractivity (Wildman–Crippen MR) is 110 cm³/mol. The molecular weight excluding hydrogens is 412 g/mol. The molecule has 0 aliphatic carbocycles. The fourth-order valence-corrected chi connectivity index (χ4v) is 4.11. The molecule has 8 nitrogen and oxygen atoms in total. The van der Waals surface area contributed by atoms with Crippen LogP contribution in [0.2, 0.25) is 0 Å². The smallest absolute Gasteiger partial charge is 0.267 e. The van der Waals surface area contributed by atoms with Gasteiger partial charge in [-0.3, -0.25) is 20.4 Å². The van der Waals surface area contributed by atoms with Gasteiger partial charge in [-0.15, -0.1) is 11.3 Å². The molecule has 0 aliphatic rings. The van der Waals surface area contributed by atoms with Crippen LogP contribution in [0.1, 0.15) is 20.0 Å². The highest BCUT2D eigenvalue weighted by molar-refractivity contribution is 7.89. The second-order valence-electron chi connectivity index (χ2n) is 6.12. The van der Waals surface area contributed by atoms with E-state index < -0.39 is 21.8 Å². The van der Waals surface area contributed by atoms with Crippen LogP contribution in [-0.4, -0.2) is 43.6 Å². The topological polar surface area (TPSA) is 108 Å². The van der Waals surface area contributed by atoms with Gasteiger partial charge in [0.1, 0.15) is 9.88 Å². The number of nitrogens with zero attached hydrogens (tertiary/aromatic N) is 2. The van der Waals surface area contributed by atoms with Crippen molar-refractivity contribution in [2.24, 2.45) is 0 Å². The second-order valence-corrected chi connectivity index (χ2v) is 9.30. The molecule has 0 spiro atoms. The predicted octanol–water partition coefficient (Wildman–Crippen LogP) is 2.14. The minimum atomic E-state index is -3.67. The largest absolute Gasteiger partial charge is 0.281 e. The number of thiazole rings is 1. The summed E-state index contributed by atoms with van der Waals surface area (Å²) in [6.45, 7) is 0. The summed E-state index contributed by atoms with van der Waals surface area (Å²) in [7, 11) is -0.864. The number of rotatable bonds is 5. The number of carbonyl (C=O) groups excluding carboxylic acids is 2. The first-order chi connectivity index (χ1) is 13.8. The van der Waals surface area contributed by atoms with Crippen LogP contribution in [-0.2, 0) is 10.0 Å². The van der Waals surface area contributed by atoms with E-state index in [2.05, 4.69) is 15.8 Å². The van der Waals surface area contributed by atoms with E-state index in [1.54, 1.807) is 0 Å². The Kier molecular flexibility index (Phi) is 6.06. The van der Waals surface area contributed by atoms with Crippen LogP contribution in [0.15, 0.2) is 65.7 Å². The summed E-state index contributed by atoms with van der Waals surface area (Å²) in [5, 5.41) is 0.684. The van der Waals surface area contributed by atoms with Crippen LogP contribution < -0.4 is 10.9 Å². The number of carbonyl (C=O) groups is 2. The molecule has 150 valence electrons. The molecule has 10 heteroatoms. The highest BCUT2D eigenvalue weighted by Crippen LogP contribution is 2.24. The molecule has 0 unspecified atom stereocenters. The number of nitrogens with one attached hydrogen (secondary N) is 2. The quantitative estimate of drug-likeness (QED) is 0.603. The molecule has 2 aromatic carbocycles. The van der Waals surface area contributed by atoms with Crippen molar-refractivity contribution < 1.29 is 18.0 Å². The molecule has 1 heterocycles. The minimum absolute atomic E-state index is 0.0172. The summed E-state index contributed by atoms with van der Waals surface area (Å²) in [4.78, 5) is 29.1. The zero-order chi connectivity index (χ0) is 21.0. The molecule has 0 bridgehead atoms. The zero-order valence-corrected chi connectivity index (χ0v) is 17.3. The molecule has 29 heavy (non-hydrogen) atoms. The third-order valence-corrected chi connectivity index (χ3v) is 6.77. The molecule has 2 N–H and O–H groups in total. The molecule has 0 aliphatic heterocycles. The van der Waals surface area contributed by atoms with Crippen molar-refractivity contribution in [2.75, 3.05) is 14.1 Å². The lowest BCUT2D eigenvalue weighted by Crippen LogP contribution is -2.41. The van der Waals surface area contributed by atoms with E-state index >= 15 is 0 Å². The highest BCUT2D eigenvalue weighted by Gasteiger charge is 2.19. The van der Waals surface area contributed by atoms with Gasteiger partial charge in [-0.2, -0.15) is 0 Å². The van der Waals surface area contributed by atoms with Gasteiger partial charge in [0.15, 0.2) is 0 Å². The van der Waals surface area contributed by atoms with E-state index in [1.165, 1.54) is 55.9 Å². The van der Waals surface area contributed by atoms with Gasteiger partial charge in [-0.1, -0.05) is 36.4 Å². The maximum atomic E-state index is 12.3. The molecule has 0 fully saturated rings. The summed E-state index contributed by atoms with van der Waals surface area (Å²) in [6, 6.07) is 15.0. The van der Waals surface area contributed by atoms with E-state index in [9.17, 15) is 18.0 Å². The number of aromatic nitrogens is 1. The normalized spacial score (nSPS) is 11.3. The number of amides is 2. The van der Waals surface area contributed by atoms with Crippen molar-refractivity contribution in [2.45, 2.75) is 4.90 Å². The number of sulfonamides is 1. The average Bonchev–Trinajstić information content (AvgIpc) is 3.23.